The normalized spacial score (nSPS) is 11.5. The zero-order valence-electron chi connectivity index (χ0n) is 25.4. The molecule has 0 aliphatic rings. The van der Waals surface area contributed by atoms with Crippen LogP contribution < -0.4 is 16.0 Å². The van der Waals surface area contributed by atoms with Crippen LogP contribution in [0, 0.1) is 0 Å². The molecule has 4 N–H and O–H groups in total. The number of hydrogen-bond donors (Lipinski definition) is 4. The van der Waals surface area contributed by atoms with Gasteiger partial charge in [-0.15, -0.1) is 0 Å². The molecule has 0 saturated carbocycles. The van der Waals surface area contributed by atoms with Crippen LogP contribution in [0.4, 0.5) is 10.5 Å². The molecule has 0 atom stereocenters. The topological polar surface area (TPSA) is 124 Å². The quantitative estimate of drug-likeness (QED) is 0.126. The molecular formula is C33H46N6O3. The average molecular weight is 575 g/mol. The van der Waals surface area contributed by atoms with Gasteiger partial charge in [-0.25, -0.2) is 4.79 Å². The first-order valence-electron chi connectivity index (χ1n) is 15.2. The monoisotopic (exact) mass is 574 g/mol. The van der Waals surface area contributed by atoms with Crippen LogP contribution in [0.2, 0.25) is 0 Å². The van der Waals surface area contributed by atoms with Crippen molar-refractivity contribution in [1.82, 2.24) is 20.1 Å². The van der Waals surface area contributed by atoms with Crippen LogP contribution in [0.1, 0.15) is 84.2 Å². The Morgan fingerprint density at radius 2 is 1.74 bits per heavy atom. The van der Waals surface area contributed by atoms with Crippen molar-refractivity contribution in [3.8, 4) is 0 Å². The predicted molar refractivity (Wildman–Crippen MR) is 171 cm³/mol. The maximum Gasteiger partial charge on any atom is 0.341 e. The van der Waals surface area contributed by atoms with Crippen LogP contribution in [0.15, 0.2) is 59.9 Å². The molecule has 0 aliphatic carbocycles. The molecule has 9 heteroatoms. The molecule has 0 unspecified atom stereocenters. The van der Waals surface area contributed by atoms with E-state index >= 15 is 0 Å². The lowest BCUT2D eigenvalue weighted by atomic mass is 10.1. The van der Waals surface area contributed by atoms with Crippen LogP contribution in [0.25, 0.3) is 21.8 Å². The molecule has 226 valence electrons. The summed E-state index contributed by atoms with van der Waals surface area (Å²) in [5.74, 6) is -0.682. The fourth-order valence-electron chi connectivity index (χ4n) is 4.59. The lowest BCUT2D eigenvalue weighted by Crippen LogP contribution is -2.22. The van der Waals surface area contributed by atoms with Gasteiger partial charge < -0.3 is 20.7 Å². The number of hydrogen-bond acceptors (Lipinski definition) is 4. The van der Waals surface area contributed by atoms with Crippen molar-refractivity contribution in [3.63, 3.8) is 0 Å². The molecule has 0 bridgehead atoms. The Morgan fingerprint density at radius 1 is 1.00 bits per heavy atom. The first-order chi connectivity index (χ1) is 20.3. The van der Waals surface area contributed by atoms with Crippen molar-refractivity contribution in [2.45, 2.75) is 85.1 Å². The van der Waals surface area contributed by atoms with Gasteiger partial charge in [0.2, 0.25) is 0 Å². The summed E-state index contributed by atoms with van der Waals surface area (Å²) in [6, 6.07) is 14.2. The number of nitrogens with zero attached hydrogens (tertiary/aromatic N) is 3. The number of carboxylic acids is 1. The van der Waals surface area contributed by atoms with E-state index in [9.17, 15) is 9.59 Å². The largest absolute Gasteiger partial charge is 0.481 e. The highest BCUT2D eigenvalue weighted by atomic mass is 16.4. The lowest BCUT2D eigenvalue weighted by molar-refractivity contribution is -0.137. The lowest BCUT2D eigenvalue weighted by Gasteiger charge is -2.07. The maximum absolute atomic E-state index is 12.2. The van der Waals surface area contributed by atoms with E-state index in [0.29, 0.717) is 24.4 Å². The zero-order chi connectivity index (χ0) is 30.3. The van der Waals surface area contributed by atoms with Crippen LogP contribution in [-0.4, -0.2) is 45.0 Å². The third-order valence-corrected chi connectivity index (χ3v) is 6.92. The SMILES string of the molecule is CCCCCC(=O)O.CCCCCNC(=O)N=c1cccc2c(c1)[nH]c1c(NCCc3cnn(C(C)C)c3)cccc12. The van der Waals surface area contributed by atoms with E-state index in [0.717, 1.165) is 79.0 Å². The maximum atomic E-state index is 12.2. The molecule has 0 aliphatic heterocycles. The molecule has 9 nitrogen and oxygen atoms in total. The van der Waals surface area contributed by atoms with E-state index in [1.165, 1.54) is 5.56 Å². The molecule has 2 heterocycles. The smallest absolute Gasteiger partial charge is 0.341 e. The van der Waals surface area contributed by atoms with Crippen molar-refractivity contribution < 1.29 is 14.7 Å². The number of unbranched alkanes of at least 4 members (excludes halogenated alkanes) is 4. The number of aromatic amines is 1. The number of fused-ring (bicyclic) bond motifs is 3. The van der Waals surface area contributed by atoms with Gasteiger partial charge in [0.15, 0.2) is 0 Å². The highest BCUT2D eigenvalue weighted by Gasteiger charge is 2.08. The number of carbonyl (C=O) groups is 2. The summed E-state index contributed by atoms with van der Waals surface area (Å²) in [7, 11) is 0. The molecule has 2 aromatic carbocycles. The third kappa shape index (κ3) is 10.0. The summed E-state index contributed by atoms with van der Waals surface area (Å²) in [5.41, 5.74) is 4.28. The second-order valence-corrected chi connectivity index (χ2v) is 10.8. The van der Waals surface area contributed by atoms with Crippen LogP contribution in [0.5, 0.6) is 0 Å². The van der Waals surface area contributed by atoms with Crippen molar-refractivity contribution in [1.29, 1.82) is 0 Å². The summed E-state index contributed by atoms with van der Waals surface area (Å²) >= 11 is 0. The number of H-pyrrole nitrogens is 1. The van der Waals surface area contributed by atoms with E-state index in [4.69, 9.17) is 5.11 Å². The number of anilines is 1. The minimum atomic E-state index is -0.682. The molecule has 4 aromatic rings. The summed E-state index contributed by atoms with van der Waals surface area (Å²) in [5, 5.41) is 21.9. The number of carboxylic acid groups (broad SMARTS) is 1. The minimum absolute atomic E-state index is 0.297. The molecule has 0 saturated heterocycles. The fraction of sp³-hybridized carbons (Fsp3) is 0.455. The summed E-state index contributed by atoms with van der Waals surface area (Å²) in [6.45, 7) is 9.93. The molecule has 2 aromatic heterocycles. The Labute approximate surface area is 248 Å². The minimum Gasteiger partial charge on any atom is -0.481 e. The van der Waals surface area contributed by atoms with Gasteiger partial charge in [-0.1, -0.05) is 63.8 Å². The van der Waals surface area contributed by atoms with Gasteiger partial charge in [-0.2, -0.15) is 10.1 Å². The van der Waals surface area contributed by atoms with E-state index in [2.05, 4.69) is 83.9 Å². The molecule has 4 rings (SSSR count). The van der Waals surface area contributed by atoms with Crippen LogP contribution >= 0.6 is 0 Å². The van der Waals surface area contributed by atoms with E-state index < -0.39 is 5.97 Å². The Morgan fingerprint density at radius 3 is 2.45 bits per heavy atom. The molecule has 2 amide bonds. The summed E-state index contributed by atoms with van der Waals surface area (Å²) in [4.78, 5) is 29.9. The zero-order valence-corrected chi connectivity index (χ0v) is 25.4. The van der Waals surface area contributed by atoms with Crippen molar-refractivity contribution in [2.75, 3.05) is 18.4 Å². The Hall–Kier alpha value is -4.14. The van der Waals surface area contributed by atoms with E-state index in [1.807, 2.05) is 29.1 Å². The second kappa shape index (κ2) is 17.0. The van der Waals surface area contributed by atoms with Gasteiger partial charge in [-0.3, -0.25) is 9.48 Å². The highest BCUT2D eigenvalue weighted by molar-refractivity contribution is 6.10. The van der Waals surface area contributed by atoms with Gasteiger partial charge in [0.05, 0.1) is 22.8 Å². The van der Waals surface area contributed by atoms with Gasteiger partial charge in [-0.05, 0) is 56.9 Å². The number of para-hydroxylation sites is 1. The van der Waals surface area contributed by atoms with E-state index in [-0.39, 0.29) is 6.03 Å². The number of amides is 2. The molecular weight excluding hydrogens is 528 g/mol. The first kappa shape index (κ1) is 32.4. The molecule has 0 spiro atoms. The Bertz CT molecular complexity index is 1500. The third-order valence-electron chi connectivity index (χ3n) is 6.92. The van der Waals surface area contributed by atoms with Crippen molar-refractivity contribution in [2.24, 2.45) is 4.99 Å². The standard InChI is InChI=1S/C27H34N6O.C6H12O2/c1-4-5-6-14-29-27(34)31-21-9-7-10-22-23-11-8-12-24(26(23)32-25(22)16-21)28-15-13-20-17-30-33(18-20)19(2)3;1-2-3-4-5-6(7)8/h7-12,16-19,28,32H,4-6,13-15H2,1-3H3,(H,29,34);2-5H2,1H3,(H,7,8). The van der Waals surface area contributed by atoms with Gasteiger partial charge >= 0.3 is 12.0 Å². The second-order valence-electron chi connectivity index (χ2n) is 10.8. The van der Waals surface area contributed by atoms with Crippen LogP contribution in [-0.2, 0) is 11.2 Å². The van der Waals surface area contributed by atoms with Gasteiger partial charge in [0, 0.05) is 48.0 Å². The number of nitrogens with one attached hydrogen (secondary N) is 3. The Kier molecular flexibility index (Phi) is 13.1. The number of benzene rings is 1. The molecule has 42 heavy (non-hydrogen) atoms. The number of urea groups is 1. The average Bonchev–Trinajstić information content (AvgIpc) is 3.52. The Balaban J connectivity index is 0.000000531. The van der Waals surface area contributed by atoms with E-state index in [1.54, 1.807) is 0 Å². The summed E-state index contributed by atoms with van der Waals surface area (Å²) < 4.78 is 1.99. The number of aromatic nitrogens is 3. The number of rotatable bonds is 13. The molecule has 0 fully saturated rings. The highest BCUT2D eigenvalue weighted by Crippen LogP contribution is 2.29. The van der Waals surface area contributed by atoms with Crippen molar-refractivity contribution in [3.05, 3.63) is 65.8 Å². The van der Waals surface area contributed by atoms with Gasteiger partial charge in [0.1, 0.15) is 0 Å². The predicted octanol–water partition coefficient (Wildman–Crippen LogP) is 7.20. The van der Waals surface area contributed by atoms with Crippen LogP contribution in [0.3, 0.4) is 0 Å². The first-order valence-corrected chi connectivity index (χ1v) is 15.2. The number of aliphatic carboxylic acids is 1. The molecule has 0 radical (unpaired) electrons. The van der Waals surface area contributed by atoms with Gasteiger partial charge in [0.25, 0.3) is 0 Å². The van der Waals surface area contributed by atoms with Crippen molar-refractivity contribution >= 4 is 39.5 Å². The summed E-state index contributed by atoms with van der Waals surface area (Å²) in [6.07, 6.45) is 11.4. The number of carbonyl (C=O) groups excluding carboxylic acids is 1. The fourth-order valence-corrected chi connectivity index (χ4v) is 4.59.